The summed E-state index contributed by atoms with van der Waals surface area (Å²) in [7, 11) is 0. The van der Waals surface area contributed by atoms with Crippen LogP contribution in [0.15, 0.2) is 47.8 Å². The van der Waals surface area contributed by atoms with E-state index in [9.17, 15) is 4.79 Å². The normalized spacial score (nSPS) is 13.7. The maximum Gasteiger partial charge on any atom is 0.243 e. The molecule has 1 heterocycles. The molecule has 1 amide bonds. The lowest BCUT2D eigenvalue weighted by Gasteiger charge is -2.25. The van der Waals surface area contributed by atoms with Gasteiger partial charge in [-0.3, -0.25) is 4.79 Å². The van der Waals surface area contributed by atoms with Crippen molar-refractivity contribution in [1.29, 1.82) is 0 Å². The van der Waals surface area contributed by atoms with E-state index in [2.05, 4.69) is 9.97 Å². The molecule has 1 aromatic heterocycles. The van der Waals surface area contributed by atoms with E-state index in [-0.39, 0.29) is 5.75 Å². The van der Waals surface area contributed by atoms with Gasteiger partial charge in [-0.15, -0.1) is 0 Å². The third-order valence-electron chi connectivity index (χ3n) is 2.93. The number of nitrogens with two attached hydrogens (primary N) is 2. The maximum absolute atomic E-state index is 11.8. The topological polar surface area (TPSA) is 94.9 Å². The van der Waals surface area contributed by atoms with Crippen molar-refractivity contribution in [3.05, 3.63) is 53.9 Å². The minimum atomic E-state index is -1.24. The predicted octanol–water partition coefficient (Wildman–Crippen LogP) is 1.22. The van der Waals surface area contributed by atoms with Crippen LogP contribution in [0.5, 0.6) is 0 Å². The number of primary amides is 1. The third kappa shape index (κ3) is 3.15. The van der Waals surface area contributed by atoms with Crippen LogP contribution in [0.25, 0.3) is 0 Å². The Bertz CT molecular complexity index is 605. The molecule has 0 bridgehead atoms. The average molecular weight is 288 g/mol. The van der Waals surface area contributed by atoms with Gasteiger partial charge in [0, 0.05) is 17.6 Å². The van der Waals surface area contributed by atoms with Crippen LogP contribution < -0.4 is 11.5 Å². The number of thioether (sulfide) groups is 1. The first-order chi connectivity index (χ1) is 9.52. The van der Waals surface area contributed by atoms with E-state index >= 15 is 0 Å². The Morgan fingerprint density at radius 3 is 2.60 bits per heavy atom. The van der Waals surface area contributed by atoms with Gasteiger partial charge in [-0.05, 0) is 18.6 Å². The van der Waals surface area contributed by atoms with E-state index in [4.69, 9.17) is 11.5 Å². The number of amides is 1. The number of rotatable bonds is 5. The highest BCUT2D eigenvalue weighted by Crippen LogP contribution is 2.26. The fourth-order valence-corrected chi connectivity index (χ4v) is 2.72. The zero-order chi connectivity index (χ0) is 14.6. The van der Waals surface area contributed by atoms with Gasteiger partial charge in [0.1, 0.15) is 5.54 Å². The summed E-state index contributed by atoms with van der Waals surface area (Å²) in [6.07, 6.45) is 1.68. The Kier molecular flexibility index (Phi) is 4.36. The number of carbonyl (C=O) groups is 1. The minimum Gasteiger partial charge on any atom is -0.368 e. The van der Waals surface area contributed by atoms with Gasteiger partial charge in [0.05, 0.1) is 0 Å². The molecular weight excluding hydrogens is 272 g/mol. The molecular formula is C14H16N4OS. The van der Waals surface area contributed by atoms with Gasteiger partial charge >= 0.3 is 0 Å². The highest BCUT2D eigenvalue weighted by Gasteiger charge is 2.34. The monoisotopic (exact) mass is 288 g/mol. The number of nitrogens with zero attached hydrogens (tertiary/aromatic N) is 2. The summed E-state index contributed by atoms with van der Waals surface area (Å²) in [6.45, 7) is 1.88. The van der Waals surface area contributed by atoms with E-state index in [1.807, 2.05) is 31.2 Å². The molecule has 1 atom stereocenters. The van der Waals surface area contributed by atoms with Gasteiger partial charge in [0.25, 0.3) is 0 Å². The maximum atomic E-state index is 11.8. The van der Waals surface area contributed by atoms with Crippen LogP contribution in [0.3, 0.4) is 0 Å². The molecule has 0 saturated heterocycles. The zero-order valence-corrected chi connectivity index (χ0v) is 11.9. The van der Waals surface area contributed by atoms with Gasteiger partial charge < -0.3 is 11.5 Å². The van der Waals surface area contributed by atoms with E-state index in [0.717, 1.165) is 5.69 Å². The number of carbonyl (C=O) groups excluding carboxylic acids is 1. The molecule has 0 saturated carbocycles. The lowest BCUT2D eigenvalue weighted by Crippen LogP contribution is -2.51. The summed E-state index contributed by atoms with van der Waals surface area (Å²) < 4.78 is 0. The first-order valence-electron chi connectivity index (χ1n) is 6.09. The number of aromatic nitrogens is 2. The van der Waals surface area contributed by atoms with Gasteiger partial charge in [-0.2, -0.15) is 0 Å². The Balaban J connectivity index is 2.20. The molecule has 0 aliphatic heterocycles. The molecule has 1 unspecified atom stereocenters. The lowest BCUT2D eigenvalue weighted by molar-refractivity contribution is -0.122. The van der Waals surface area contributed by atoms with Crippen LogP contribution in [-0.2, 0) is 10.3 Å². The van der Waals surface area contributed by atoms with Gasteiger partial charge in [-0.1, -0.05) is 42.1 Å². The Morgan fingerprint density at radius 2 is 2.00 bits per heavy atom. The third-order valence-corrected chi connectivity index (χ3v) is 3.98. The summed E-state index contributed by atoms with van der Waals surface area (Å²) in [6, 6.07) is 10.9. The van der Waals surface area contributed by atoms with Crippen LogP contribution in [0.1, 0.15) is 11.3 Å². The van der Waals surface area contributed by atoms with Crippen molar-refractivity contribution in [2.24, 2.45) is 11.5 Å². The fraction of sp³-hybridized carbons (Fsp3) is 0.214. The van der Waals surface area contributed by atoms with Crippen molar-refractivity contribution in [1.82, 2.24) is 9.97 Å². The highest BCUT2D eigenvalue weighted by molar-refractivity contribution is 7.99. The largest absolute Gasteiger partial charge is 0.368 e. The smallest absolute Gasteiger partial charge is 0.243 e. The Labute approximate surface area is 121 Å². The van der Waals surface area contributed by atoms with Crippen LogP contribution in [0, 0.1) is 6.92 Å². The molecule has 2 aromatic rings. The van der Waals surface area contributed by atoms with Crippen LogP contribution >= 0.6 is 11.8 Å². The quantitative estimate of drug-likeness (QED) is 0.637. The van der Waals surface area contributed by atoms with Crippen molar-refractivity contribution >= 4 is 17.7 Å². The Morgan fingerprint density at radius 1 is 1.30 bits per heavy atom. The molecule has 6 heteroatoms. The Hall–Kier alpha value is -1.92. The van der Waals surface area contributed by atoms with Crippen molar-refractivity contribution in [3.63, 3.8) is 0 Å². The summed E-state index contributed by atoms with van der Waals surface area (Å²) in [5.41, 5.74) is 12.0. The summed E-state index contributed by atoms with van der Waals surface area (Å²) in [5.74, 6) is -0.278. The van der Waals surface area contributed by atoms with Gasteiger partial charge in [0.2, 0.25) is 5.91 Å². The summed E-state index contributed by atoms with van der Waals surface area (Å²) in [4.78, 5) is 20.2. The lowest BCUT2D eigenvalue weighted by atomic mass is 9.92. The van der Waals surface area contributed by atoms with Gasteiger partial charge in [-0.25, -0.2) is 9.97 Å². The van der Waals surface area contributed by atoms with Crippen LogP contribution in [0.2, 0.25) is 0 Å². The van der Waals surface area contributed by atoms with Gasteiger partial charge in [0.15, 0.2) is 5.16 Å². The van der Waals surface area contributed by atoms with Crippen molar-refractivity contribution in [3.8, 4) is 0 Å². The SMILES string of the molecule is Cc1ccnc(SCC(N)(C(N)=O)c2ccccc2)n1. The van der Waals surface area contributed by atoms with Crippen molar-refractivity contribution in [2.45, 2.75) is 17.6 Å². The van der Waals surface area contributed by atoms with Crippen molar-refractivity contribution in [2.75, 3.05) is 5.75 Å². The second-order valence-electron chi connectivity index (χ2n) is 4.47. The second kappa shape index (κ2) is 6.02. The summed E-state index contributed by atoms with van der Waals surface area (Å²) >= 11 is 1.32. The van der Waals surface area contributed by atoms with E-state index < -0.39 is 11.4 Å². The molecule has 20 heavy (non-hydrogen) atoms. The zero-order valence-electron chi connectivity index (χ0n) is 11.1. The number of aryl methyl sites for hydroxylation is 1. The average Bonchev–Trinajstić information content (AvgIpc) is 2.45. The standard InChI is InChI=1S/C14H16N4OS/c1-10-7-8-17-13(18-10)20-9-14(16,12(15)19)11-5-3-2-4-6-11/h2-8H,9,16H2,1H3,(H2,15,19). The van der Waals surface area contributed by atoms with Crippen molar-refractivity contribution < 1.29 is 4.79 Å². The number of hydrogen-bond acceptors (Lipinski definition) is 5. The first-order valence-corrected chi connectivity index (χ1v) is 7.08. The van der Waals surface area contributed by atoms with E-state index in [0.29, 0.717) is 10.7 Å². The number of benzene rings is 1. The highest BCUT2D eigenvalue weighted by atomic mass is 32.2. The molecule has 0 aliphatic carbocycles. The van der Waals surface area contributed by atoms with Crippen LogP contribution in [-0.4, -0.2) is 21.6 Å². The van der Waals surface area contributed by atoms with E-state index in [1.165, 1.54) is 11.8 Å². The molecule has 0 radical (unpaired) electrons. The molecule has 0 fully saturated rings. The molecule has 0 aliphatic rings. The number of hydrogen-bond donors (Lipinski definition) is 2. The van der Waals surface area contributed by atoms with Crippen LogP contribution in [0.4, 0.5) is 0 Å². The molecule has 0 spiro atoms. The first kappa shape index (κ1) is 14.5. The second-order valence-corrected chi connectivity index (χ2v) is 5.41. The molecule has 4 N–H and O–H groups in total. The minimum absolute atomic E-state index is 0.287. The molecule has 2 rings (SSSR count). The fourth-order valence-electron chi connectivity index (χ4n) is 1.71. The predicted molar refractivity (Wildman–Crippen MR) is 79.0 cm³/mol. The molecule has 104 valence electrons. The van der Waals surface area contributed by atoms with E-state index in [1.54, 1.807) is 18.3 Å². The molecule has 5 nitrogen and oxygen atoms in total. The molecule has 1 aromatic carbocycles. The summed E-state index contributed by atoms with van der Waals surface area (Å²) in [5, 5.41) is 0.581.